The average molecular weight is 435 g/mol. The van der Waals surface area contributed by atoms with Crippen molar-refractivity contribution in [2.45, 2.75) is 12.6 Å². The molecule has 0 saturated carbocycles. The van der Waals surface area contributed by atoms with Crippen LogP contribution in [-0.4, -0.2) is 49.4 Å². The van der Waals surface area contributed by atoms with E-state index in [0.29, 0.717) is 31.9 Å². The van der Waals surface area contributed by atoms with Crippen LogP contribution in [0.5, 0.6) is 0 Å². The highest BCUT2D eigenvalue weighted by Crippen LogP contribution is 2.32. The molecule has 0 spiro atoms. The lowest BCUT2D eigenvalue weighted by Crippen LogP contribution is -2.50. The maximum atomic E-state index is 14.0. The summed E-state index contributed by atoms with van der Waals surface area (Å²) in [4.78, 5) is 30.0. The molecule has 0 bridgehead atoms. The smallest absolute Gasteiger partial charge is 0.368 e. The fourth-order valence-corrected chi connectivity index (χ4v) is 4.10. The van der Waals surface area contributed by atoms with Crippen LogP contribution in [0.15, 0.2) is 48.5 Å². The van der Waals surface area contributed by atoms with Crippen molar-refractivity contribution in [2.75, 3.05) is 42.5 Å². The van der Waals surface area contributed by atoms with Gasteiger partial charge in [-0.2, -0.15) is 13.2 Å². The second-order valence-electron chi connectivity index (χ2n) is 7.72. The Kier molecular flexibility index (Phi) is 5.60. The highest BCUT2D eigenvalue weighted by atomic mass is 19.4. The van der Waals surface area contributed by atoms with Crippen LogP contribution in [-0.2, 0) is 15.8 Å². The van der Waals surface area contributed by atoms with Gasteiger partial charge in [-0.15, -0.1) is 0 Å². The van der Waals surface area contributed by atoms with Gasteiger partial charge >= 0.3 is 6.18 Å². The van der Waals surface area contributed by atoms with E-state index in [1.807, 2.05) is 4.90 Å². The number of alkyl halides is 3. The number of piperazine rings is 1. The molecule has 0 radical (unpaired) electrons. The zero-order chi connectivity index (χ0) is 22.2. The minimum Gasteiger partial charge on any atom is -0.368 e. The number of para-hydroxylation sites is 1. The molecular formula is C22H21F4N3O2. The van der Waals surface area contributed by atoms with Gasteiger partial charge in [0.1, 0.15) is 5.82 Å². The largest absolute Gasteiger partial charge is 0.416 e. The van der Waals surface area contributed by atoms with Crippen LogP contribution in [0.3, 0.4) is 0 Å². The average Bonchev–Trinajstić information content (AvgIpc) is 3.14. The molecule has 9 heteroatoms. The molecule has 31 heavy (non-hydrogen) atoms. The van der Waals surface area contributed by atoms with Crippen molar-refractivity contribution in [2.24, 2.45) is 5.92 Å². The number of rotatable bonds is 3. The molecule has 0 aromatic heterocycles. The Balaban J connectivity index is 1.38. The molecule has 2 aliphatic rings. The van der Waals surface area contributed by atoms with Crippen LogP contribution in [0.2, 0.25) is 0 Å². The van der Waals surface area contributed by atoms with Gasteiger partial charge in [-0.3, -0.25) is 9.59 Å². The minimum atomic E-state index is -4.41. The maximum absolute atomic E-state index is 14.0. The van der Waals surface area contributed by atoms with Crippen molar-refractivity contribution in [1.82, 2.24) is 4.90 Å². The number of halogens is 4. The molecule has 2 heterocycles. The highest BCUT2D eigenvalue weighted by molar-refractivity contribution is 6.00. The number of hydrogen-bond donors (Lipinski definition) is 0. The molecule has 0 unspecified atom stereocenters. The Hall–Kier alpha value is -3.10. The van der Waals surface area contributed by atoms with E-state index in [0.717, 1.165) is 12.1 Å². The van der Waals surface area contributed by atoms with E-state index in [1.54, 1.807) is 17.0 Å². The van der Waals surface area contributed by atoms with Crippen molar-refractivity contribution in [3.05, 3.63) is 59.9 Å². The quantitative estimate of drug-likeness (QED) is 0.693. The standard InChI is InChI=1S/C22H21F4N3O2/c23-18-6-1-2-7-19(18)29-14-15(12-20(29)30)21(31)28-10-8-27(9-11-28)17-5-3-4-16(13-17)22(24,25)26/h1-7,13,15H,8-12,14H2/t15-/m0/s1. The predicted octanol–water partition coefficient (Wildman–Crippen LogP) is 3.55. The Morgan fingerprint density at radius 1 is 0.968 bits per heavy atom. The van der Waals surface area contributed by atoms with Gasteiger partial charge in [-0.05, 0) is 30.3 Å². The molecule has 164 valence electrons. The van der Waals surface area contributed by atoms with Crippen LogP contribution in [0.4, 0.5) is 28.9 Å². The molecule has 1 atom stereocenters. The van der Waals surface area contributed by atoms with E-state index in [1.165, 1.54) is 29.2 Å². The van der Waals surface area contributed by atoms with Crippen LogP contribution < -0.4 is 9.80 Å². The molecule has 2 aromatic carbocycles. The van der Waals surface area contributed by atoms with Gasteiger partial charge in [0, 0.05) is 44.8 Å². The van der Waals surface area contributed by atoms with E-state index in [-0.39, 0.29) is 30.5 Å². The number of hydrogen-bond acceptors (Lipinski definition) is 3. The van der Waals surface area contributed by atoms with Gasteiger partial charge in [0.25, 0.3) is 0 Å². The highest BCUT2D eigenvalue weighted by Gasteiger charge is 2.39. The Morgan fingerprint density at radius 2 is 1.68 bits per heavy atom. The van der Waals surface area contributed by atoms with E-state index in [9.17, 15) is 27.2 Å². The zero-order valence-electron chi connectivity index (χ0n) is 16.6. The Morgan fingerprint density at radius 3 is 2.35 bits per heavy atom. The first kappa shape index (κ1) is 21.1. The topological polar surface area (TPSA) is 43.9 Å². The monoisotopic (exact) mass is 435 g/mol. The number of carbonyl (C=O) groups is 2. The van der Waals surface area contributed by atoms with Crippen LogP contribution in [0.1, 0.15) is 12.0 Å². The van der Waals surface area contributed by atoms with Gasteiger partial charge in [-0.1, -0.05) is 18.2 Å². The van der Waals surface area contributed by atoms with Gasteiger partial charge in [-0.25, -0.2) is 4.39 Å². The first-order valence-corrected chi connectivity index (χ1v) is 10.00. The fourth-order valence-electron chi connectivity index (χ4n) is 4.10. The molecule has 2 fully saturated rings. The van der Waals surface area contributed by atoms with Gasteiger partial charge in [0.2, 0.25) is 11.8 Å². The van der Waals surface area contributed by atoms with Gasteiger partial charge < -0.3 is 14.7 Å². The van der Waals surface area contributed by atoms with Crippen molar-refractivity contribution in [1.29, 1.82) is 0 Å². The van der Waals surface area contributed by atoms with Crippen molar-refractivity contribution in [3.8, 4) is 0 Å². The van der Waals surface area contributed by atoms with Crippen LogP contribution >= 0.6 is 0 Å². The maximum Gasteiger partial charge on any atom is 0.416 e. The third kappa shape index (κ3) is 4.35. The third-order valence-electron chi connectivity index (χ3n) is 5.75. The Bertz CT molecular complexity index is 987. The molecular weight excluding hydrogens is 414 g/mol. The first-order valence-electron chi connectivity index (χ1n) is 10.00. The van der Waals surface area contributed by atoms with E-state index >= 15 is 0 Å². The van der Waals surface area contributed by atoms with E-state index in [2.05, 4.69) is 0 Å². The van der Waals surface area contributed by atoms with Crippen molar-refractivity contribution < 1.29 is 27.2 Å². The van der Waals surface area contributed by atoms with Crippen molar-refractivity contribution in [3.63, 3.8) is 0 Å². The number of anilines is 2. The molecule has 0 aliphatic carbocycles. The summed E-state index contributed by atoms with van der Waals surface area (Å²) >= 11 is 0. The normalized spacial score (nSPS) is 19.8. The predicted molar refractivity (Wildman–Crippen MR) is 107 cm³/mol. The van der Waals surface area contributed by atoms with Gasteiger partial charge in [0.05, 0.1) is 17.2 Å². The fraction of sp³-hybridized carbons (Fsp3) is 0.364. The summed E-state index contributed by atoms with van der Waals surface area (Å²) < 4.78 is 52.9. The summed E-state index contributed by atoms with van der Waals surface area (Å²) in [6, 6.07) is 11.1. The molecule has 2 saturated heterocycles. The lowest BCUT2D eigenvalue weighted by molar-refractivity contribution is -0.137. The van der Waals surface area contributed by atoms with E-state index in [4.69, 9.17) is 0 Å². The van der Waals surface area contributed by atoms with E-state index < -0.39 is 23.5 Å². The number of benzene rings is 2. The number of nitrogens with zero attached hydrogens (tertiary/aromatic N) is 3. The van der Waals surface area contributed by atoms with Gasteiger partial charge in [0.15, 0.2) is 0 Å². The summed E-state index contributed by atoms with van der Waals surface area (Å²) in [7, 11) is 0. The third-order valence-corrected chi connectivity index (χ3v) is 5.75. The van der Waals surface area contributed by atoms with Crippen molar-refractivity contribution >= 4 is 23.2 Å². The minimum absolute atomic E-state index is 0.0149. The molecule has 2 aromatic rings. The summed E-state index contributed by atoms with van der Waals surface area (Å²) in [5.74, 6) is -1.56. The molecule has 5 nitrogen and oxygen atoms in total. The molecule has 4 rings (SSSR count). The summed E-state index contributed by atoms with van der Waals surface area (Å²) in [6.45, 7) is 1.60. The number of amides is 2. The molecule has 2 aliphatic heterocycles. The molecule has 2 amide bonds. The summed E-state index contributed by atoms with van der Waals surface area (Å²) in [6.07, 6.45) is -4.39. The SMILES string of the molecule is O=C([C@H]1CC(=O)N(c2ccccc2F)C1)N1CCN(c2cccc(C(F)(F)F)c2)CC1. The lowest BCUT2D eigenvalue weighted by Gasteiger charge is -2.37. The second-order valence-corrected chi connectivity index (χ2v) is 7.72. The second kappa shape index (κ2) is 8.20. The summed E-state index contributed by atoms with van der Waals surface area (Å²) in [5.41, 5.74) is -0.0814. The zero-order valence-corrected chi connectivity index (χ0v) is 16.6. The van der Waals surface area contributed by atoms with Crippen LogP contribution in [0.25, 0.3) is 0 Å². The Labute approximate surface area is 176 Å². The first-order chi connectivity index (χ1) is 14.7. The summed E-state index contributed by atoms with van der Waals surface area (Å²) in [5, 5.41) is 0. The molecule has 0 N–H and O–H groups in total. The number of carbonyl (C=O) groups excluding carboxylic acids is 2. The lowest BCUT2D eigenvalue weighted by atomic mass is 10.1. The van der Waals surface area contributed by atoms with Crippen LogP contribution in [0, 0.1) is 11.7 Å².